The topological polar surface area (TPSA) is 80.4 Å². The van der Waals surface area contributed by atoms with E-state index in [9.17, 15) is 8.42 Å². The lowest BCUT2D eigenvalue weighted by Gasteiger charge is -2.11. The molecule has 14 heavy (non-hydrogen) atoms. The van der Waals surface area contributed by atoms with Gasteiger partial charge in [-0.25, -0.2) is 0 Å². The first-order valence-corrected chi connectivity index (χ1v) is 6.69. The second kappa shape index (κ2) is 7.20. The highest BCUT2D eigenvalue weighted by Gasteiger charge is 2.21. The van der Waals surface area contributed by atoms with Gasteiger partial charge >= 0.3 is 0 Å². The van der Waals surface area contributed by atoms with Crippen LogP contribution in [0.3, 0.4) is 0 Å². The summed E-state index contributed by atoms with van der Waals surface area (Å²) in [6.07, 6.45) is 4.97. The first-order chi connectivity index (χ1) is 6.52. The molecule has 0 aromatic heterocycles. The molecule has 0 aromatic carbocycles. The van der Waals surface area contributed by atoms with E-state index in [0.717, 1.165) is 25.7 Å². The molecule has 3 N–H and O–H groups in total. The molecule has 0 aliphatic carbocycles. The lowest BCUT2D eigenvalue weighted by Crippen LogP contribution is -2.23. The molecule has 0 rings (SSSR count). The van der Waals surface area contributed by atoms with E-state index in [1.807, 2.05) is 0 Å². The second-order valence-electron chi connectivity index (χ2n) is 3.56. The van der Waals surface area contributed by atoms with Gasteiger partial charge in [0, 0.05) is 0 Å². The third-order valence-electron chi connectivity index (χ3n) is 2.29. The van der Waals surface area contributed by atoms with Crippen LogP contribution in [0.15, 0.2) is 0 Å². The Labute approximate surface area is 86.6 Å². The first-order valence-electron chi connectivity index (χ1n) is 5.18. The zero-order valence-corrected chi connectivity index (χ0v) is 9.59. The van der Waals surface area contributed by atoms with E-state index in [4.69, 9.17) is 10.3 Å². The normalized spacial score (nSPS) is 14.2. The van der Waals surface area contributed by atoms with Gasteiger partial charge in [0.1, 0.15) is 0 Å². The minimum atomic E-state index is -3.89. The molecular weight excluding hydrogens is 202 g/mol. The minimum absolute atomic E-state index is 0.304. The van der Waals surface area contributed by atoms with E-state index in [1.54, 1.807) is 0 Å². The Morgan fingerprint density at radius 3 is 2.29 bits per heavy atom. The van der Waals surface area contributed by atoms with Crippen molar-refractivity contribution in [2.24, 2.45) is 5.73 Å². The van der Waals surface area contributed by atoms with E-state index < -0.39 is 15.4 Å². The highest BCUT2D eigenvalue weighted by molar-refractivity contribution is 7.86. The second-order valence-corrected chi connectivity index (χ2v) is 5.26. The van der Waals surface area contributed by atoms with E-state index in [-0.39, 0.29) is 0 Å². The SMILES string of the molecule is CCCCCCC(CCN)S(=O)(=O)O. The van der Waals surface area contributed by atoms with Crippen LogP contribution in [-0.2, 0) is 10.1 Å². The molecule has 0 radical (unpaired) electrons. The molecule has 0 saturated carbocycles. The number of rotatable bonds is 8. The molecule has 0 saturated heterocycles. The van der Waals surface area contributed by atoms with Gasteiger partial charge in [-0.3, -0.25) is 4.55 Å². The van der Waals surface area contributed by atoms with Crippen LogP contribution < -0.4 is 5.73 Å². The maximum atomic E-state index is 10.9. The van der Waals surface area contributed by atoms with Crippen LogP contribution in [0.4, 0.5) is 0 Å². The number of hydrogen-bond donors (Lipinski definition) is 2. The van der Waals surface area contributed by atoms with Crippen LogP contribution in [0.2, 0.25) is 0 Å². The average molecular weight is 223 g/mol. The fourth-order valence-corrected chi connectivity index (χ4v) is 2.33. The van der Waals surface area contributed by atoms with Crippen LogP contribution in [0.5, 0.6) is 0 Å². The van der Waals surface area contributed by atoms with Gasteiger partial charge < -0.3 is 5.73 Å². The van der Waals surface area contributed by atoms with Crippen molar-refractivity contribution in [1.29, 1.82) is 0 Å². The van der Waals surface area contributed by atoms with Crippen molar-refractivity contribution in [3.63, 3.8) is 0 Å². The Morgan fingerprint density at radius 1 is 1.21 bits per heavy atom. The summed E-state index contributed by atoms with van der Waals surface area (Å²) in [6, 6.07) is 0. The molecule has 0 aromatic rings. The van der Waals surface area contributed by atoms with Crippen molar-refractivity contribution in [2.45, 2.75) is 50.7 Å². The van der Waals surface area contributed by atoms with Crippen molar-refractivity contribution in [3.05, 3.63) is 0 Å². The van der Waals surface area contributed by atoms with Gasteiger partial charge in [0.25, 0.3) is 10.1 Å². The molecule has 0 aliphatic rings. The van der Waals surface area contributed by atoms with Crippen molar-refractivity contribution in [2.75, 3.05) is 6.54 Å². The zero-order valence-electron chi connectivity index (χ0n) is 8.78. The number of hydrogen-bond acceptors (Lipinski definition) is 3. The Balaban J connectivity index is 3.87. The Bertz CT molecular complexity index is 226. The van der Waals surface area contributed by atoms with E-state index >= 15 is 0 Å². The van der Waals surface area contributed by atoms with Crippen molar-refractivity contribution in [3.8, 4) is 0 Å². The van der Waals surface area contributed by atoms with E-state index in [0.29, 0.717) is 19.4 Å². The van der Waals surface area contributed by atoms with Crippen LogP contribution in [0.25, 0.3) is 0 Å². The lowest BCUT2D eigenvalue weighted by molar-refractivity contribution is 0.451. The summed E-state index contributed by atoms with van der Waals surface area (Å²) in [6.45, 7) is 2.40. The number of unbranched alkanes of at least 4 members (excludes halogenated alkanes) is 3. The highest BCUT2D eigenvalue weighted by Crippen LogP contribution is 2.13. The quantitative estimate of drug-likeness (QED) is 0.483. The Hall–Kier alpha value is -0.130. The third kappa shape index (κ3) is 6.34. The maximum Gasteiger partial charge on any atom is 0.267 e. The molecule has 0 bridgehead atoms. The van der Waals surface area contributed by atoms with Crippen molar-refractivity contribution < 1.29 is 13.0 Å². The van der Waals surface area contributed by atoms with Crippen LogP contribution in [-0.4, -0.2) is 24.8 Å². The maximum absolute atomic E-state index is 10.9. The molecule has 0 fully saturated rings. The third-order valence-corrected chi connectivity index (χ3v) is 3.60. The summed E-state index contributed by atoms with van der Waals surface area (Å²) in [5.41, 5.74) is 5.28. The molecule has 1 atom stereocenters. The summed E-state index contributed by atoms with van der Waals surface area (Å²) < 4.78 is 30.7. The summed E-state index contributed by atoms with van der Waals surface area (Å²) in [5, 5.41) is -0.663. The average Bonchev–Trinajstić information content (AvgIpc) is 2.08. The first kappa shape index (κ1) is 13.9. The molecule has 0 aliphatic heterocycles. The summed E-state index contributed by atoms with van der Waals surface area (Å²) >= 11 is 0. The van der Waals surface area contributed by atoms with E-state index in [2.05, 4.69) is 6.92 Å². The molecule has 0 amide bonds. The minimum Gasteiger partial charge on any atom is -0.330 e. The monoisotopic (exact) mass is 223 g/mol. The van der Waals surface area contributed by atoms with Gasteiger partial charge in [-0.05, 0) is 19.4 Å². The molecule has 0 heterocycles. The van der Waals surface area contributed by atoms with Gasteiger partial charge in [0.15, 0.2) is 0 Å². The van der Waals surface area contributed by atoms with Gasteiger partial charge in [0.05, 0.1) is 5.25 Å². The predicted octanol–water partition coefficient (Wildman–Crippen LogP) is 1.56. The van der Waals surface area contributed by atoms with Crippen molar-refractivity contribution >= 4 is 10.1 Å². The Kier molecular flexibility index (Phi) is 7.13. The number of nitrogens with two attached hydrogens (primary N) is 1. The molecule has 1 unspecified atom stereocenters. The smallest absolute Gasteiger partial charge is 0.267 e. The molecule has 5 heteroatoms. The summed E-state index contributed by atoms with van der Waals surface area (Å²) in [4.78, 5) is 0. The fraction of sp³-hybridized carbons (Fsp3) is 1.00. The fourth-order valence-electron chi connectivity index (χ4n) is 1.43. The van der Waals surface area contributed by atoms with Gasteiger partial charge in [0.2, 0.25) is 0 Å². The lowest BCUT2D eigenvalue weighted by atomic mass is 10.1. The molecular formula is C9H21NO3S. The molecule has 86 valence electrons. The van der Waals surface area contributed by atoms with Crippen LogP contribution in [0, 0.1) is 0 Å². The van der Waals surface area contributed by atoms with Gasteiger partial charge in [-0.2, -0.15) is 8.42 Å². The summed E-state index contributed by atoms with van der Waals surface area (Å²) in [5.74, 6) is 0. The standard InChI is InChI=1S/C9H21NO3S/c1-2-3-4-5-6-9(7-8-10)14(11,12)13/h9H,2-8,10H2,1H3,(H,11,12,13). The predicted molar refractivity (Wildman–Crippen MR) is 57.8 cm³/mol. The van der Waals surface area contributed by atoms with E-state index in [1.165, 1.54) is 0 Å². The summed E-state index contributed by atoms with van der Waals surface area (Å²) in [7, 11) is -3.89. The van der Waals surface area contributed by atoms with Gasteiger partial charge in [-0.1, -0.05) is 32.6 Å². The highest BCUT2D eigenvalue weighted by atomic mass is 32.2. The zero-order chi connectivity index (χ0) is 11.0. The van der Waals surface area contributed by atoms with Crippen LogP contribution in [0.1, 0.15) is 45.4 Å². The largest absolute Gasteiger partial charge is 0.330 e. The van der Waals surface area contributed by atoms with Crippen molar-refractivity contribution in [1.82, 2.24) is 0 Å². The van der Waals surface area contributed by atoms with Crippen LogP contribution >= 0.6 is 0 Å². The molecule has 4 nitrogen and oxygen atoms in total. The molecule has 0 spiro atoms. The van der Waals surface area contributed by atoms with Gasteiger partial charge in [-0.15, -0.1) is 0 Å². The Morgan fingerprint density at radius 2 is 1.86 bits per heavy atom.